The first-order chi connectivity index (χ1) is 12.0. The van der Waals surface area contributed by atoms with E-state index in [1.165, 1.54) is 0 Å². The van der Waals surface area contributed by atoms with Crippen LogP contribution >= 0.6 is 0 Å². The van der Waals surface area contributed by atoms with Crippen molar-refractivity contribution in [2.75, 3.05) is 26.1 Å². The summed E-state index contributed by atoms with van der Waals surface area (Å²) in [6.07, 6.45) is 1.84. The molecule has 0 aliphatic rings. The van der Waals surface area contributed by atoms with Gasteiger partial charge in [0.1, 0.15) is 11.6 Å². The number of benzene rings is 1. The van der Waals surface area contributed by atoms with Gasteiger partial charge in [0.2, 0.25) is 5.82 Å². The highest BCUT2D eigenvalue weighted by Gasteiger charge is 2.17. The fraction of sp³-hybridized carbons (Fsp3) is 0.294. The van der Waals surface area contributed by atoms with Gasteiger partial charge in [0, 0.05) is 33.9 Å². The number of carbonyl (C=O) groups is 1. The minimum Gasteiger partial charge on any atom is -0.497 e. The Morgan fingerprint density at radius 1 is 1.24 bits per heavy atom. The molecule has 3 aromatic rings. The second kappa shape index (κ2) is 6.76. The third-order valence-electron chi connectivity index (χ3n) is 3.71. The van der Waals surface area contributed by atoms with Crippen LogP contribution in [0, 0.1) is 0 Å². The van der Waals surface area contributed by atoms with Crippen LogP contribution in [-0.4, -0.2) is 46.9 Å². The van der Waals surface area contributed by atoms with Gasteiger partial charge in [-0.3, -0.25) is 9.48 Å². The minimum atomic E-state index is -0.341. The molecule has 1 N–H and O–H groups in total. The second-order valence-electron chi connectivity index (χ2n) is 5.84. The van der Waals surface area contributed by atoms with Crippen molar-refractivity contribution in [2.45, 2.75) is 6.54 Å². The number of hydrogen-bond donors (Lipinski definition) is 1. The topological polar surface area (TPSA) is 85.2 Å². The van der Waals surface area contributed by atoms with Gasteiger partial charge >= 0.3 is 0 Å². The molecule has 130 valence electrons. The number of nitrogens with one attached hydrogen (secondary N) is 1. The molecule has 0 saturated carbocycles. The van der Waals surface area contributed by atoms with E-state index in [1.807, 2.05) is 56.5 Å². The predicted octanol–water partition coefficient (Wildman–Crippen LogP) is 1.37. The molecule has 0 aliphatic heterocycles. The van der Waals surface area contributed by atoms with Crippen LogP contribution in [0.3, 0.4) is 0 Å². The number of fused-ring (bicyclic) bond motifs is 1. The number of anilines is 1. The molecule has 2 heterocycles. The largest absolute Gasteiger partial charge is 0.497 e. The van der Waals surface area contributed by atoms with Gasteiger partial charge in [-0.2, -0.15) is 5.10 Å². The zero-order valence-corrected chi connectivity index (χ0v) is 14.6. The first-order valence-corrected chi connectivity index (χ1v) is 7.78. The molecule has 25 heavy (non-hydrogen) atoms. The van der Waals surface area contributed by atoms with Gasteiger partial charge in [0.25, 0.3) is 5.91 Å². The average molecular weight is 340 g/mol. The zero-order valence-electron chi connectivity index (χ0n) is 14.6. The summed E-state index contributed by atoms with van der Waals surface area (Å²) < 4.78 is 6.78. The van der Waals surface area contributed by atoms with Gasteiger partial charge in [-0.25, -0.2) is 9.97 Å². The van der Waals surface area contributed by atoms with E-state index in [1.54, 1.807) is 11.8 Å². The van der Waals surface area contributed by atoms with E-state index in [-0.39, 0.29) is 11.7 Å². The van der Waals surface area contributed by atoms with Crippen LogP contribution in [0.15, 0.2) is 30.5 Å². The number of aromatic nitrogens is 4. The second-order valence-corrected chi connectivity index (χ2v) is 5.84. The molecular weight excluding hydrogens is 320 g/mol. The van der Waals surface area contributed by atoms with Crippen molar-refractivity contribution in [3.63, 3.8) is 0 Å². The lowest BCUT2D eigenvalue weighted by Crippen LogP contribution is -2.26. The van der Waals surface area contributed by atoms with Crippen LogP contribution in [0.1, 0.15) is 16.2 Å². The van der Waals surface area contributed by atoms with Crippen molar-refractivity contribution in [3.05, 3.63) is 41.9 Å². The van der Waals surface area contributed by atoms with E-state index in [4.69, 9.17) is 4.74 Å². The van der Waals surface area contributed by atoms with Crippen molar-refractivity contribution in [2.24, 2.45) is 7.05 Å². The van der Waals surface area contributed by atoms with Crippen molar-refractivity contribution in [1.29, 1.82) is 0 Å². The van der Waals surface area contributed by atoms with Crippen molar-refractivity contribution < 1.29 is 9.53 Å². The van der Waals surface area contributed by atoms with Gasteiger partial charge in [0.15, 0.2) is 5.65 Å². The van der Waals surface area contributed by atoms with Gasteiger partial charge in [0.05, 0.1) is 12.5 Å². The van der Waals surface area contributed by atoms with E-state index in [2.05, 4.69) is 20.4 Å². The molecule has 1 amide bonds. The Morgan fingerprint density at radius 3 is 2.60 bits per heavy atom. The van der Waals surface area contributed by atoms with E-state index < -0.39 is 0 Å². The maximum atomic E-state index is 12.5. The number of methoxy groups -OCH3 is 1. The van der Waals surface area contributed by atoms with Crippen LogP contribution in [0.2, 0.25) is 0 Å². The summed E-state index contributed by atoms with van der Waals surface area (Å²) in [4.78, 5) is 23.0. The minimum absolute atomic E-state index is 0.100. The molecule has 0 radical (unpaired) electrons. The quantitative estimate of drug-likeness (QED) is 0.755. The third kappa shape index (κ3) is 3.52. The first-order valence-electron chi connectivity index (χ1n) is 7.78. The van der Waals surface area contributed by atoms with Crippen LogP contribution < -0.4 is 15.0 Å². The fourth-order valence-corrected chi connectivity index (χ4v) is 2.45. The fourth-order valence-electron chi connectivity index (χ4n) is 2.45. The summed E-state index contributed by atoms with van der Waals surface area (Å²) in [7, 11) is 7.16. The molecular formula is C17H20N6O2. The molecule has 0 fully saturated rings. The molecule has 0 unspecified atom stereocenters. The van der Waals surface area contributed by atoms with Gasteiger partial charge in [-0.1, -0.05) is 12.1 Å². The van der Waals surface area contributed by atoms with Crippen molar-refractivity contribution in [1.82, 2.24) is 25.1 Å². The summed E-state index contributed by atoms with van der Waals surface area (Å²) in [5.41, 5.74) is 1.46. The molecule has 3 rings (SSSR count). The molecule has 0 saturated heterocycles. The Morgan fingerprint density at radius 2 is 1.96 bits per heavy atom. The Balaban J connectivity index is 1.81. The van der Waals surface area contributed by atoms with E-state index >= 15 is 0 Å². The molecule has 0 atom stereocenters. The smallest absolute Gasteiger partial charge is 0.289 e. The Bertz CT molecular complexity index is 901. The van der Waals surface area contributed by atoms with Gasteiger partial charge in [-0.15, -0.1) is 0 Å². The molecule has 1 aromatic carbocycles. The predicted molar refractivity (Wildman–Crippen MR) is 94.8 cm³/mol. The number of rotatable bonds is 5. The van der Waals surface area contributed by atoms with Crippen molar-refractivity contribution >= 4 is 22.8 Å². The standard InChI is InChI=1S/C17H20N6O2/c1-22(2)16-13-10-23(3)21-14(13)19-15(20-16)17(24)18-9-11-5-7-12(25-4)8-6-11/h5-8,10H,9H2,1-4H3,(H,18,24). The molecule has 2 aromatic heterocycles. The normalized spacial score (nSPS) is 10.7. The first kappa shape index (κ1) is 16.7. The summed E-state index contributed by atoms with van der Waals surface area (Å²) >= 11 is 0. The number of nitrogens with zero attached hydrogens (tertiary/aromatic N) is 5. The lowest BCUT2D eigenvalue weighted by Gasteiger charge is -2.13. The van der Waals surface area contributed by atoms with Gasteiger partial charge < -0.3 is 15.0 Å². The summed E-state index contributed by atoms with van der Waals surface area (Å²) in [5.74, 6) is 1.19. The van der Waals surface area contributed by atoms with Crippen LogP contribution in [0.25, 0.3) is 11.0 Å². The van der Waals surface area contributed by atoms with Gasteiger partial charge in [-0.05, 0) is 17.7 Å². The summed E-state index contributed by atoms with van der Waals surface area (Å²) in [5, 5.41) is 7.92. The Hall–Kier alpha value is -3.16. The summed E-state index contributed by atoms with van der Waals surface area (Å²) in [6, 6.07) is 7.49. The lowest BCUT2D eigenvalue weighted by molar-refractivity contribution is 0.0941. The maximum absolute atomic E-state index is 12.5. The Labute approximate surface area is 145 Å². The zero-order chi connectivity index (χ0) is 18.0. The van der Waals surface area contributed by atoms with E-state index in [0.717, 1.165) is 16.7 Å². The Kier molecular flexibility index (Phi) is 4.51. The number of amides is 1. The third-order valence-corrected chi connectivity index (χ3v) is 3.71. The summed E-state index contributed by atoms with van der Waals surface area (Å²) in [6.45, 7) is 0.379. The number of carbonyl (C=O) groups excluding carboxylic acids is 1. The van der Waals surface area contributed by atoms with Crippen LogP contribution in [-0.2, 0) is 13.6 Å². The van der Waals surface area contributed by atoms with Crippen LogP contribution in [0.5, 0.6) is 5.75 Å². The molecule has 8 nitrogen and oxygen atoms in total. The molecule has 8 heteroatoms. The average Bonchev–Trinajstić information content (AvgIpc) is 2.99. The van der Waals surface area contributed by atoms with Crippen molar-refractivity contribution in [3.8, 4) is 5.75 Å². The SMILES string of the molecule is COc1ccc(CNC(=O)c2nc(N(C)C)c3cn(C)nc3n2)cc1. The highest BCUT2D eigenvalue weighted by atomic mass is 16.5. The monoisotopic (exact) mass is 340 g/mol. The highest BCUT2D eigenvalue weighted by Crippen LogP contribution is 2.21. The maximum Gasteiger partial charge on any atom is 0.289 e. The number of aryl methyl sites for hydroxylation is 1. The molecule has 0 spiro atoms. The lowest BCUT2D eigenvalue weighted by atomic mass is 10.2. The number of hydrogen-bond acceptors (Lipinski definition) is 6. The van der Waals surface area contributed by atoms with E-state index in [0.29, 0.717) is 18.0 Å². The molecule has 0 bridgehead atoms. The van der Waals surface area contributed by atoms with Crippen LogP contribution in [0.4, 0.5) is 5.82 Å². The highest BCUT2D eigenvalue weighted by molar-refractivity contribution is 5.95. The van der Waals surface area contributed by atoms with E-state index in [9.17, 15) is 4.79 Å². The molecule has 0 aliphatic carbocycles. The number of ether oxygens (including phenoxy) is 1.